The van der Waals surface area contributed by atoms with Crippen molar-refractivity contribution in [2.45, 2.75) is 0 Å². The molecule has 0 aromatic heterocycles. The number of nitrogens with two attached hydrogens (primary N) is 1. The SMILES string of the molecule is NC(=NNS(=O)[O-])NC(=O)c1ccccc1. The number of carbonyl (C=O) groups excluding carboxylic acids is 1. The van der Waals surface area contributed by atoms with Crippen LogP contribution in [-0.4, -0.2) is 20.6 Å². The van der Waals surface area contributed by atoms with Gasteiger partial charge in [-0.2, -0.15) is 0 Å². The molecule has 0 aliphatic heterocycles. The van der Waals surface area contributed by atoms with E-state index in [9.17, 15) is 13.6 Å². The Hall–Kier alpha value is -1.93. The number of hydrogen-bond donors (Lipinski definition) is 3. The van der Waals surface area contributed by atoms with E-state index in [1.807, 2.05) is 0 Å². The second kappa shape index (κ2) is 5.83. The smallest absolute Gasteiger partial charge is 0.257 e. The van der Waals surface area contributed by atoms with Crippen molar-refractivity contribution >= 4 is 23.1 Å². The van der Waals surface area contributed by atoms with Crippen molar-refractivity contribution in [2.24, 2.45) is 10.8 Å². The molecule has 1 amide bonds. The van der Waals surface area contributed by atoms with Crippen molar-refractivity contribution in [2.75, 3.05) is 0 Å². The third-order valence-corrected chi connectivity index (χ3v) is 1.76. The largest absolute Gasteiger partial charge is 0.754 e. The van der Waals surface area contributed by atoms with Gasteiger partial charge in [0.1, 0.15) is 0 Å². The predicted molar refractivity (Wildman–Crippen MR) is 57.6 cm³/mol. The monoisotopic (exact) mass is 241 g/mol. The summed E-state index contributed by atoms with van der Waals surface area (Å²) in [6, 6.07) is 8.31. The Bertz CT molecular complexity index is 421. The Morgan fingerprint density at radius 2 is 2.00 bits per heavy atom. The molecule has 8 heteroatoms. The molecular formula is C8H9N4O3S-. The molecule has 1 aromatic carbocycles. The molecule has 1 aromatic rings. The number of nitrogens with one attached hydrogen (secondary N) is 2. The minimum Gasteiger partial charge on any atom is -0.754 e. The first-order chi connectivity index (χ1) is 7.59. The number of hydrogen-bond acceptors (Lipinski definition) is 4. The number of amides is 1. The van der Waals surface area contributed by atoms with Crippen LogP contribution in [0.25, 0.3) is 0 Å². The Balaban J connectivity index is 2.58. The number of rotatable bonds is 3. The molecule has 4 N–H and O–H groups in total. The summed E-state index contributed by atoms with van der Waals surface area (Å²) < 4.78 is 20.1. The molecule has 0 aliphatic carbocycles. The van der Waals surface area contributed by atoms with Gasteiger partial charge < -0.3 is 10.3 Å². The lowest BCUT2D eigenvalue weighted by Crippen LogP contribution is -2.38. The summed E-state index contributed by atoms with van der Waals surface area (Å²) in [5.41, 5.74) is 5.63. The predicted octanol–water partition coefficient (Wildman–Crippen LogP) is -0.970. The molecule has 0 aliphatic rings. The van der Waals surface area contributed by atoms with Crippen LogP contribution < -0.4 is 15.9 Å². The molecule has 0 saturated carbocycles. The topological polar surface area (TPSA) is 120 Å². The molecular weight excluding hydrogens is 232 g/mol. The number of hydrazone groups is 1. The Morgan fingerprint density at radius 3 is 2.56 bits per heavy atom. The van der Waals surface area contributed by atoms with Crippen molar-refractivity contribution in [1.29, 1.82) is 0 Å². The van der Waals surface area contributed by atoms with Gasteiger partial charge in [-0.3, -0.25) is 14.3 Å². The maximum Gasteiger partial charge on any atom is 0.257 e. The van der Waals surface area contributed by atoms with Crippen LogP contribution in [0.15, 0.2) is 35.4 Å². The van der Waals surface area contributed by atoms with Gasteiger partial charge in [0.25, 0.3) is 5.91 Å². The summed E-state index contributed by atoms with van der Waals surface area (Å²) >= 11 is -2.56. The van der Waals surface area contributed by atoms with E-state index in [0.717, 1.165) is 0 Å². The molecule has 0 saturated heterocycles. The normalized spacial score (nSPS) is 12.9. The molecule has 0 spiro atoms. The first-order valence-corrected chi connectivity index (χ1v) is 5.21. The van der Waals surface area contributed by atoms with Gasteiger partial charge in [-0.15, -0.1) is 5.10 Å². The molecule has 16 heavy (non-hydrogen) atoms. The summed E-state index contributed by atoms with van der Waals surface area (Å²) in [5.74, 6) is -0.807. The zero-order valence-corrected chi connectivity index (χ0v) is 8.86. The van der Waals surface area contributed by atoms with Gasteiger partial charge in [-0.25, -0.2) is 4.83 Å². The molecule has 0 fully saturated rings. The van der Waals surface area contributed by atoms with E-state index >= 15 is 0 Å². The first-order valence-electron chi connectivity index (χ1n) is 4.14. The van der Waals surface area contributed by atoms with E-state index in [1.54, 1.807) is 35.2 Å². The van der Waals surface area contributed by atoms with Crippen molar-refractivity contribution < 1.29 is 13.6 Å². The molecule has 0 radical (unpaired) electrons. The Kier molecular flexibility index (Phi) is 4.42. The fraction of sp³-hybridized carbons (Fsp3) is 0. The highest BCUT2D eigenvalue weighted by atomic mass is 32.2. The second-order valence-electron chi connectivity index (χ2n) is 2.64. The van der Waals surface area contributed by atoms with E-state index in [-0.39, 0.29) is 5.96 Å². The highest BCUT2D eigenvalue weighted by Gasteiger charge is 2.04. The Morgan fingerprint density at radius 1 is 1.38 bits per heavy atom. The van der Waals surface area contributed by atoms with E-state index in [2.05, 4.69) is 10.4 Å². The minimum absolute atomic E-state index is 0.335. The molecule has 1 unspecified atom stereocenters. The third-order valence-electron chi connectivity index (χ3n) is 1.52. The van der Waals surface area contributed by atoms with E-state index in [0.29, 0.717) is 5.56 Å². The fourth-order valence-corrected chi connectivity index (χ4v) is 1.07. The van der Waals surface area contributed by atoms with Crippen LogP contribution in [0.3, 0.4) is 0 Å². The molecule has 0 bridgehead atoms. The van der Waals surface area contributed by atoms with E-state index in [1.165, 1.54) is 0 Å². The Labute approximate surface area is 94.1 Å². The summed E-state index contributed by atoms with van der Waals surface area (Å²) in [6.07, 6.45) is 0. The first kappa shape index (κ1) is 12.1. The van der Waals surface area contributed by atoms with Crippen LogP contribution in [-0.2, 0) is 11.3 Å². The quantitative estimate of drug-likeness (QED) is 0.273. The lowest BCUT2D eigenvalue weighted by Gasteiger charge is -2.06. The molecule has 1 atom stereocenters. The van der Waals surface area contributed by atoms with Gasteiger partial charge in [-0.05, 0) is 12.1 Å². The van der Waals surface area contributed by atoms with Crippen LogP contribution in [0.4, 0.5) is 0 Å². The van der Waals surface area contributed by atoms with Gasteiger partial charge in [-0.1, -0.05) is 18.2 Å². The van der Waals surface area contributed by atoms with Gasteiger partial charge in [0.15, 0.2) is 0 Å². The van der Waals surface area contributed by atoms with E-state index in [4.69, 9.17) is 5.73 Å². The van der Waals surface area contributed by atoms with Gasteiger partial charge in [0.05, 0.1) is 11.3 Å². The summed E-state index contributed by atoms with van der Waals surface area (Å²) in [6.45, 7) is 0. The second-order valence-corrected chi connectivity index (χ2v) is 3.30. The number of guanidine groups is 1. The molecule has 7 nitrogen and oxygen atoms in total. The zero-order chi connectivity index (χ0) is 12.0. The maximum atomic E-state index is 11.4. The fourth-order valence-electron chi connectivity index (χ4n) is 0.892. The van der Waals surface area contributed by atoms with Crippen LogP contribution in [0.1, 0.15) is 10.4 Å². The third kappa shape index (κ3) is 4.07. The zero-order valence-electron chi connectivity index (χ0n) is 8.04. The van der Waals surface area contributed by atoms with Crippen molar-refractivity contribution in [3.05, 3.63) is 35.9 Å². The van der Waals surface area contributed by atoms with Gasteiger partial charge in [0, 0.05) is 5.56 Å². The lowest BCUT2D eigenvalue weighted by atomic mass is 10.2. The number of benzene rings is 1. The van der Waals surface area contributed by atoms with Crippen LogP contribution >= 0.6 is 0 Å². The highest BCUT2D eigenvalue weighted by Crippen LogP contribution is 1.96. The molecule has 1 rings (SSSR count). The molecule has 86 valence electrons. The average molecular weight is 241 g/mol. The summed E-state index contributed by atoms with van der Waals surface area (Å²) in [4.78, 5) is 13.1. The van der Waals surface area contributed by atoms with Crippen molar-refractivity contribution in [3.8, 4) is 0 Å². The van der Waals surface area contributed by atoms with Crippen LogP contribution in [0.5, 0.6) is 0 Å². The van der Waals surface area contributed by atoms with E-state index < -0.39 is 17.2 Å². The van der Waals surface area contributed by atoms with Gasteiger partial charge >= 0.3 is 0 Å². The van der Waals surface area contributed by atoms with Gasteiger partial charge in [0.2, 0.25) is 5.96 Å². The standard InChI is InChI=1S/C8H10N4O3S/c9-8(11-12-16(14)15)10-7(13)6-4-2-1-3-5-6/h1-5,12H,(H,14,15)(H3,9,10,11,13)/p-1. The average Bonchev–Trinajstić information content (AvgIpc) is 2.27. The van der Waals surface area contributed by atoms with Crippen LogP contribution in [0, 0.1) is 0 Å². The maximum absolute atomic E-state index is 11.4. The lowest BCUT2D eigenvalue weighted by molar-refractivity contribution is 0.0976. The number of carbonyl (C=O) groups is 1. The summed E-state index contributed by atoms with van der Waals surface area (Å²) in [5, 5.41) is 5.39. The minimum atomic E-state index is -2.56. The van der Waals surface area contributed by atoms with Crippen molar-refractivity contribution in [1.82, 2.24) is 10.1 Å². The van der Waals surface area contributed by atoms with Crippen molar-refractivity contribution in [3.63, 3.8) is 0 Å². The number of nitrogens with zero attached hydrogens (tertiary/aromatic N) is 1. The highest BCUT2D eigenvalue weighted by molar-refractivity contribution is 7.77. The molecule has 0 heterocycles. The summed E-state index contributed by atoms with van der Waals surface area (Å²) in [7, 11) is 0. The van der Waals surface area contributed by atoms with Crippen LogP contribution in [0.2, 0.25) is 0 Å².